The number of rotatable bonds is 5. The second kappa shape index (κ2) is 8.41. The lowest BCUT2D eigenvalue weighted by atomic mass is 10.2. The fourth-order valence-corrected chi connectivity index (χ4v) is 4.41. The maximum absolute atomic E-state index is 12.4. The summed E-state index contributed by atoms with van der Waals surface area (Å²) < 4.78 is 0. The van der Waals surface area contributed by atoms with Gasteiger partial charge in [-0.25, -0.2) is 15.0 Å². The molecule has 1 amide bonds. The molecule has 0 atom stereocenters. The molecular weight excluding hydrogens is 416 g/mol. The first kappa shape index (κ1) is 19.7. The number of hydrogen-bond donors (Lipinski definition) is 2. The van der Waals surface area contributed by atoms with E-state index in [4.69, 9.17) is 5.26 Å². The van der Waals surface area contributed by atoms with E-state index in [0.717, 1.165) is 26.4 Å². The average molecular weight is 433 g/mol. The van der Waals surface area contributed by atoms with Gasteiger partial charge in [0.05, 0.1) is 38.5 Å². The molecule has 1 aromatic carbocycles. The molecular formula is C21H16N6OS2. The third-order valence-corrected chi connectivity index (χ3v) is 6.03. The van der Waals surface area contributed by atoms with Crippen LogP contribution < -0.4 is 10.6 Å². The lowest BCUT2D eigenvalue weighted by molar-refractivity contribution is 0.102. The first-order chi connectivity index (χ1) is 14.5. The molecule has 0 fully saturated rings. The van der Waals surface area contributed by atoms with Gasteiger partial charge in [0.1, 0.15) is 5.82 Å². The summed E-state index contributed by atoms with van der Waals surface area (Å²) in [5.41, 5.74) is 3.45. The van der Waals surface area contributed by atoms with E-state index in [1.807, 2.05) is 25.3 Å². The highest BCUT2D eigenvalue weighted by Crippen LogP contribution is 2.32. The summed E-state index contributed by atoms with van der Waals surface area (Å²) in [6.07, 6.45) is 1.51. The van der Waals surface area contributed by atoms with Gasteiger partial charge in [-0.1, -0.05) is 0 Å². The average Bonchev–Trinajstić information content (AvgIpc) is 3.34. The van der Waals surface area contributed by atoms with E-state index >= 15 is 0 Å². The van der Waals surface area contributed by atoms with Gasteiger partial charge in [-0.3, -0.25) is 4.79 Å². The zero-order valence-corrected chi connectivity index (χ0v) is 17.8. The number of nitriles is 1. The van der Waals surface area contributed by atoms with E-state index in [-0.39, 0.29) is 5.91 Å². The fraction of sp³-hybridized carbons (Fsp3) is 0.0952. The molecule has 0 bridgehead atoms. The number of aromatic nitrogens is 3. The first-order valence-electron chi connectivity index (χ1n) is 8.96. The minimum absolute atomic E-state index is 0.272. The summed E-state index contributed by atoms with van der Waals surface area (Å²) >= 11 is 3.11. The largest absolute Gasteiger partial charge is 0.322 e. The van der Waals surface area contributed by atoms with Gasteiger partial charge in [0.15, 0.2) is 5.13 Å². The molecule has 3 aromatic heterocycles. The van der Waals surface area contributed by atoms with Crippen LogP contribution in [0.3, 0.4) is 0 Å². The lowest BCUT2D eigenvalue weighted by Gasteiger charge is -2.06. The second-order valence-corrected chi connectivity index (χ2v) is 8.45. The number of anilines is 3. The molecule has 4 aromatic rings. The predicted molar refractivity (Wildman–Crippen MR) is 119 cm³/mol. The van der Waals surface area contributed by atoms with Crippen molar-refractivity contribution in [1.29, 1.82) is 5.26 Å². The Balaban J connectivity index is 1.42. The number of nitrogens with one attached hydrogen (secondary N) is 2. The maximum atomic E-state index is 12.4. The number of aryl methyl sites for hydroxylation is 2. The zero-order valence-electron chi connectivity index (χ0n) is 16.1. The molecule has 0 unspecified atom stereocenters. The molecule has 148 valence electrons. The highest BCUT2D eigenvalue weighted by molar-refractivity contribution is 7.16. The number of amides is 1. The Morgan fingerprint density at radius 2 is 1.90 bits per heavy atom. The number of thiazole rings is 2. The molecule has 0 saturated heterocycles. The Bertz CT molecular complexity index is 1240. The number of benzene rings is 1. The summed E-state index contributed by atoms with van der Waals surface area (Å²) in [6.45, 7) is 3.96. The lowest BCUT2D eigenvalue weighted by Crippen LogP contribution is -2.12. The molecule has 7 nitrogen and oxygen atoms in total. The van der Waals surface area contributed by atoms with Crippen LogP contribution in [0.15, 0.2) is 48.0 Å². The van der Waals surface area contributed by atoms with Crippen molar-refractivity contribution in [1.82, 2.24) is 15.0 Å². The minimum atomic E-state index is -0.272. The summed E-state index contributed by atoms with van der Waals surface area (Å²) in [7, 11) is 0. The molecule has 2 N–H and O–H groups in total. The number of carbonyl (C=O) groups excluding carboxylic acids is 1. The van der Waals surface area contributed by atoms with E-state index in [2.05, 4.69) is 25.6 Å². The summed E-state index contributed by atoms with van der Waals surface area (Å²) in [5, 5.41) is 18.5. The summed E-state index contributed by atoms with van der Waals surface area (Å²) in [4.78, 5) is 26.8. The van der Waals surface area contributed by atoms with E-state index in [0.29, 0.717) is 22.6 Å². The standard InChI is InChI=1S/C21H16N6OS2/c1-12-19(30-13(2)24-12)17-11-29-21(26-17)27-18-8-5-15(10-23-18)20(28)25-16-6-3-14(9-22)4-7-16/h3-8,10-11H,1-2H3,(H,25,28)(H,23,26,27). The Hall–Kier alpha value is -3.61. The van der Waals surface area contributed by atoms with Gasteiger partial charge < -0.3 is 10.6 Å². The molecule has 30 heavy (non-hydrogen) atoms. The number of nitrogens with zero attached hydrogens (tertiary/aromatic N) is 4. The summed E-state index contributed by atoms with van der Waals surface area (Å²) in [5.74, 6) is 0.328. The van der Waals surface area contributed by atoms with Crippen molar-refractivity contribution in [2.75, 3.05) is 10.6 Å². The Labute approximate surface area is 181 Å². The normalized spacial score (nSPS) is 10.4. The van der Waals surface area contributed by atoms with E-state index < -0.39 is 0 Å². The van der Waals surface area contributed by atoms with Gasteiger partial charge >= 0.3 is 0 Å². The molecule has 3 heterocycles. The molecule has 9 heteroatoms. The van der Waals surface area contributed by atoms with Crippen LogP contribution in [-0.2, 0) is 0 Å². The van der Waals surface area contributed by atoms with Gasteiger partial charge in [0.2, 0.25) is 0 Å². The van der Waals surface area contributed by atoms with Crippen LogP contribution in [0.1, 0.15) is 26.6 Å². The van der Waals surface area contributed by atoms with Gasteiger partial charge in [-0.2, -0.15) is 5.26 Å². The molecule has 0 saturated carbocycles. The highest BCUT2D eigenvalue weighted by atomic mass is 32.1. The summed E-state index contributed by atoms with van der Waals surface area (Å²) in [6, 6.07) is 12.1. The molecule has 0 aliphatic carbocycles. The van der Waals surface area contributed by atoms with Crippen molar-refractivity contribution in [3.05, 3.63) is 69.8 Å². The predicted octanol–water partition coefficient (Wildman–Crippen LogP) is 5.15. The monoisotopic (exact) mass is 432 g/mol. The van der Waals surface area contributed by atoms with Crippen LogP contribution in [0.25, 0.3) is 10.6 Å². The van der Waals surface area contributed by atoms with Crippen molar-refractivity contribution in [2.24, 2.45) is 0 Å². The Morgan fingerprint density at radius 3 is 2.53 bits per heavy atom. The second-order valence-electron chi connectivity index (χ2n) is 6.39. The number of hydrogen-bond acceptors (Lipinski definition) is 8. The van der Waals surface area contributed by atoms with Crippen molar-refractivity contribution in [3.63, 3.8) is 0 Å². The van der Waals surface area contributed by atoms with Crippen LogP contribution in [0.4, 0.5) is 16.6 Å². The highest BCUT2D eigenvalue weighted by Gasteiger charge is 2.12. The third kappa shape index (κ3) is 4.35. The van der Waals surface area contributed by atoms with Crippen LogP contribution in [0.2, 0.25) is 0 Å². The van der Waals surface area contributed by atoms with Gasteiger partial charge in [0, 0.05) is 17.3 Å². The fourth-order valence-electron chi connectivity index (χ4n) is 2.75. The quantitative estimate of drug-likeness (QED) is 0.452. The van der Waals surface area contributed by atoms with Crippen molar-refractivity contribution >= 4 is 45.2 Å². The first-order valence-corrected chi connectivity index (χ1v) is 10.7. The number of pyridine rings is 1. The van der Waals surface area contributed by atoms with Gasteiger partial charge in [-0.05, 0) is 50.2 Å². The molecule has 4 rings (SSSR count). The molecule has 0 radical (unpaired) electrons. The molecule has 0 spiro atoms. The molecule has 0 aliphatic rings. The van der Waals surface area contributed by atoms with E-state index in [9.17, 15) is 4.79 Å². The topological polar surface area (TPSA) is 104 Å². The number of carbonyl (C=O) groups is 1. The van der Waals surface area contributed by atoms with Crippen LogP contribution in [0, 0.1) is 25.2 Å². The van der Waals surface area contributed by atoms with E-state index in [1.54, 1.807) is 47.7 Å². The van der Waals surface area contributed by atoms with Crippen molar-refractivity contribution < 1.29 is 4.79 Å². The Morgan fingerprint density at radius 1 is 1.10 bits per heavy atom. The zero-order chi connectivity index (χ0) is 21.1. The van der Waals surface area contributed by atoms with E-state index in [1.165, 1.54) is 17.5 Å². The van der Waals surface area contributed by atoms with Gasteiger partial charge in [0.25, 0.3) is 5.91 Å². The van der Waals surface area contributed by atoms with Crippen LogP contribution in [-0.4, -0.2) is 20.9 Å². The van der Waals surface area contributed by atoms with Gasteiger partial charge in [-0.15, -0.1) is 22.7 Å². The molecule has 0 aliphatic heterocycles. The van der Waals surface area contributed by atoms with Crippen LogP contribution >= 0.6 is 22.7 Å². The maximum Gasteiger partial charge on any atom is 0.257 e. The smallest absolute Gasteiger partial charge is 0.257 e. The minimum Gasteiger partial charge on any atom is -0.322 e. The third-order valence-electron chi connectivity index (χ3n) is 4.17. The SMILES string of the molecule is Cc1nc(C)c(-c2csc(Nc3ccc(C(=O)Nc4ccc(C#N)cc4)cn3)n2)s1. The van der Waals surface area contributed by atoms with Crippen molar-refractivity contribution in [2.45, 2.75) is 13.8 Å². The Kier molecular flexibility index (Phi) is 5.52. The van der Waals surface area contributed by atoms with Crippen molar-refractivity contribution in [3.8, 4) is 16.6 Å². The van der Waals surface area contributed by atoms with Crippen LogP contribution in [0.5, 0.6) is 0 Å².